The molecule has 0 amide bonds. The van der Waals surface area contributed by atoms with Crippen molar-refractivity contribution in [2.45, 2.75) is 26.4 Å². The number of carbonyl (C=O) groups is 3. The van der Waals surface area contributed by atoms with E-state index in [1.165, 1.54) is 44.2 Å². The lowest BCUT2D eigenvalue weighted by Gasteiger charge is -2.23. The van der Waals surface area contributed by atoms with Crippen LogP contribution in [0, 0.1) is 0 Å². The third kappa shape index (κ3) is 5.93. The third-order valence-corrected chi connectivity index (χ3v) is 4.20. The smallest absolute Gasteiger partial charge is 0.347 e. The Morgan fingerprint density at radius 1 is 1.07 bits per heavy atom. The standard InChI is InChI=1S/C22H21ClO6/c1-4-28-19(24)12-8-15-13-16(20(25)14-5-9-17(23)10-6-14)7-11-18(15)29-22(2,3)21(26)27/h5-13H,4H2,1-3H3,(H,26,27)/b12-8-. The van der Waals surface area contributed by atoms with Gasteiger partial charge < -0.3 is 14.6 Å². The van der Waals surface area contributed by atoms with Crippen molar-refractivity contribution in [3.8, 4) is 5.75 Å². The van der Waals surface area contributed by atoms with Crippen LogP contribution in [0.3, 0.4) is 0 Å². The van der Waals surface area contributed by atoms with Crippen molar-refractivity contribution in [1.82, 2.24) is 0 Å². The van der Waals surface area contributed by atoms with Crippen LogP contribution in [0.5, 0.6) is 5.75 Å². The molecule has 0 spiro atoms. The molecule has 0 aliphatic carbocycles. The van der Waals surface area contributed by atoms with Crippen LogP contribution >= 0.6 is 11.6 Å². The maximum atomic E-state index is 12.8. The molecule has 0 saturated carbocycles. The molecule has 0 atom stereocenters. The topological polar surface area (TPSA) is 89.9 Å². The van der Waals surface area contributed by atoms with E-state index in [1.807, 2.05) is 0 Å². The Hall–Kier alpha value is -3.12. The van der Waals surface area contributed by atoms with Crippen LogP contribution in [-0.4, -0.2) is 35.0 Å². The summed E-state index contributed by atoms with van der Waals surface area (Å²) < 4.78 is 10.5. The third-order valence-electron chi connectivity index (χ3n) is 3.94. The highest BCUT2D eigenvalue weighted by atomic mass is 35.5. The van der Waals surface area contributed by atoms with Crippen molar-refractivity contribution < 1.29 is 29.0 Å². The van der Waals surface area contributed by atoms with Gasteiger partial charge in [0.05, 0.1) is 6.61 Å². The molecule has 0 aliphatic rings. The Morgan fingerprint density at radius 2 is 1.69 bits per heavy atom. The van der Waals surface area contributed by atoms with E-state index in [1.54, 1.807) is 31.2 Å². The van der Waals surface area contributed by atoms with E-state index in [4.69, 9.17) is 21.1 Å². The van der Waals surface area contributed by atoms with Crippen LogP contribution < -0.4 is 4.74 Å². The van der Waals surface area contributed by atoms with E-state index in [0.29, 0.717) is 21.7 Å². The van der Waals surface area contributed by atoms with E-state index < -0.39 is 17.5 Å². The van der Waals surface area contributed by atoms with Gasteiger partial charge in [-0.2, -0.15) is 0 Å². The molecule has 0 bridgehead atoms. The number of ketones is 1. The van der Waals surface area contributed by atoms with E-state index in [0.717, 1.165) is 0 Å². The molecule has 0 heterocycles. The molecule has 6 nitrogen and oxygen atoms in total. The largest absolute Gasteiger partial charge is 0.478 e. The maximum Gasteiger partial charge on any atom is 0.347 e. The normalized spacial score (nSPS) is 11.3. The molecule has 29 heavy (non-hydrogen) atoms. The minimum atomic E-state index is -1.51. The summed E-state index contributed by atoms with van der Waals surface area (Å²) in [6, 6.07) is 11.0. The lowest BCUT2D eigenvalue weighted by Crippen LogP contribution is -2.38. The van der Waals surface area contributed by atoms with Crippen LogP contribution in [0.15, 0.2) is 48.5 Å². The van der Waals surface area contributed by atoms with Gasteiger partial charge in [-0.3, -0.25) is 4.79 Å². The summed E-state index contributed by atoms with van der Waals surface area (Å²) in [4.78, 5) is 35.8. The monoisotopic (exact) mass is 416 g/mol. The zero-order chi connectivity index (χ0) is 21.6. The highest BCUT2D eigenvalue weighted by Crippen LogP contribution is 2.27. The van der Waals surface area contributed by atoms with Crippen molar-refractivity contribution in [2.24, 2.45) is 0 Å². The maximum absolute atomic E-state index is 12.8. The molecule has 1 N–H and O–H groups in total. The molecule has 2 aromatic carbocycles. The molecule has 2 aromatic rings. The van der Waals surface area contributed by atoms with Crippen molar-refractivity contribution in [1.29, 1.82) is 0 Å². The van der Waals surface area contributed by atoms with Gasteiger partial charge in [-0.1, -0.05) is 11.6 Å². The fourth-order valence-corrected chi connectivity index (χ4v) is 2.47. The van der Waals surface area contributed by atoms with Crippen LogP contribution in [0.1, 0.15) is 42.3 Å². The van der Waals surface area contributed by atoms with Gasteiger partial charge >= 0.3 is 11.9 Å². The van der Waals surface area contributed by atoms with E-state index in [2.05, 4.69) is 0 Å². The highest BCUT2D eigenvalue weighted by molar-refractivity contribution is 6.30. The van der Waals surface area contributed by atoms with Gasteiger partial charge in [0.15, 0.2) is 11.4 Å². The van der Waals surface area contributed by atoms with Crippen molar-refractivity contribution in [2.75, 3.05) is 6.61 Å². The van der Waals surface area contributed by atoms with Gasteiger partial charge in [-0.15, -0.1) is 0 Å². The molecule has 0 aliphatic heterocycles. The number of esters is 1. The minimum absolute atomic E-state index is 0.214. The van der Waals surface area contributed by atoms with Gasteiger partial charge in [-0.25, -0.2) is 9.59 Å². The molecular formula is C22H21ClO6. The number of hydrogen-bond donors (Lipinski definition) is 1. The van der Waals surface area contributed by atoms with Crippen LogP contribution in [0.2, 0.25) is 5.02 Å². The molecule has 0 saturated heterocycles. The molecule has 0 unspecified atom stereocenters. The summed E-state index contributed by atoms with van der Waals surface area (Å²) in [6.07, 6.45) is 2.61. The van der Waals surface area contributed by atoms with Gasteiger partial charge in [-0.05, 0) is 69.3 Å². The number of ether oxygens (including phenoxy) is 2. The number of carbonyl (C=O) groups excluding carboxylic acids is 2. The van der Waals surface area contributed by atoms with Gasteiger partial charge in [0.1, 0.15) is 5.75 Å². The summed E-state index contributed by atoms with van der Waals surface area (Å²) in [5.41, 5.74) is -0.355. The molecule has 0 aromatic heterocycles. The summed E-state index contributed by atoms with van der Waals surface area (Å²) in [5.74, 6) is -1.76. The number of benzene rings is 2. The zero-order valence-corrected chi connectivity index (χ0v) is 17.0. The summed E-state index contributed by atoms with van der Waals surface area (Å²) in [7, 11) is 0. The first-order valence-corrected chi connectivity index (χ1v) is 9.23. The highest BCUT2D eigenvalue weighted by Gasteiger charge is 2.30. The Morgan fingerprint density at radius 3 is 2.28 bits per heavy atom. The number of aliphatic carboxylic acids is 1. The van der Waals surface area contributed by atoms with Crippen molar-refractivity contribution >= 4 is 35.4 Å². The predicted octanol–water partition coefficient (Wildman–Crippen LogP) is 4.39. The van der Waals surface area contributed by atoms with E-state index in [-0.39, 0.29) is 18.1 Å². The number of rotatable bonds is 8. The molecule has 152 valence electrons. The van der Waals surface area contributed by atoms with E-state index >= 15 is 0 Å². The van der Waals surface area contributed by atoms with Crippen LogP contribution in [0.4, 0.5) is 0 Å². The van der Waals surface area contributed by atoms with Crippen LogP contribution in [-0.2, 0) is 14.3 Å². The molecule has 0 fully saturated rings. The Balaban J connectivity index is 2.44. The average molecular weight is 417 g/mol. The lowest BCUT2D eigenvalue weighted by atomic mass is 10.00. The fourth-order valence-electron chi connectivity index (χ4n) is 2.35. The zero-order valence-electron chi connectivity index (χ0n) is 16.3. The minimum Gasteiger partial charge on any atom is -0.478 e. The average Bonchev–Trinajstić information content (AvgIpc) is 2.67. The second-order valence-electron chi connectivity index (χ2n) is 6.59. The predicted molar refractivity (Wildman–Crippen MR) is 109 cm³/mol. The first-order chi connectivity index (χ1) is 13.6. The van der Waals surface area contributed by atoms with Gasteiger partial charge in [0.2, 0.25) is 0 Å². The Labute approximate surface area is 173 Å². The number of carboxylic acids is 1. The van der Waals surface area contributed by atoms with Crippen molar-refractivity contribution in [3.63, 3.8) is 0 Å². The SMILES string of the molecule is CCOC(=O)/C=C\c1cc(C(=O)c2ccc(Cl)cc2)ccc1OC(C)(C)C(=O)O. The first kappa shape index (κ1) is 22.2. The quantitative estimate of drug-likeness (QED) is 0.390. The molecular weight excluding hydrogens is 396 g/mol. The second kappa shape index (κ2) is 9.39. The Kier molecular flexibility index (Phi) is 7.18. The number of carboxylic acid groups (broad SMARTS) is 1. The molecule has 7 heteroatoms. The Bertz CT molecular complexity index is 944. The number of halogens is 1. The van der Waals surface area contributed by atoms with Crippen molar-refractivity contribution in [3.05, 3.63) is 70.3 Å². The van der Waals surface area contributed by atoms with Gasteiger partial charge in [0.25, 0.3) is 0 Å². The fraction of sp³-hybridized carbons (Fsp3) is 0.227. The summed E-state index contributed by atoms with van der Waals surface area (Å²) in [6.45, 7) is 4.70. The first-order valence-electron chi connectivity index (χ1n) is 8.85. The molecule has 2 rings (SSSR count). The molecule has 0 radical (unpaired) electrons. The summed E-state index contributed by atoms with van der Waals surface area (Å²) in [5, 5.41) is 9.83. The number of hydrogen-bond acceptors (Lipinski definition) is 5. The van der Waals surface area contributed by atoms with Gasteiger partial charge in [0, 0.05) is 27.8 Å². The lowest BCUT2D eigenvalue weighted by molar-refractivity contribution is -0.152. The van der Waals surface area contributed by atoms with E-state index in [9.17, 15) is 19.5 Å². The second-order valence-corrected chi connectivity index (χ2v) is 7.03. The van der Waals surface area contributed by atoms with Crippen LogP contribution in [0.25, 0.3) is 6.08 Å². The summed E-state index contributed by atoms with van der Waals surface area (Å²) >= 11 is 5.86.